The maximum Gasteiger partial charge on any atom is 0.519 e. The lowest BCUT2D eigenvalue weighted by atomic mass is 10.2. The summed E-state index contributed by atoms with van der Waals surface area (Å²) in [4.78, 5) is 75.1. The number of amides is 2. The molecule has 0 radical (unpaired) electrons. The smallest absolute Gasteiger partial charge is 0.507 e. The summed E-state index contributed by atoms with van der Waals surface area (Å²) in [6.07, 6.45) is 3.26. The Morgan fingerprint density at radius 2 is 1.08 bits per heavy atom. The number of nitriles is 2. The van der Waals surface area contributed by atoms with E-state index in [9.17, 15) is 29.1 Å². The third kappa shape index (κ3) is 33.4. The monoisotopic (exact) mass is 1630 g/mol. The van der Waals surface area contributed by atoms with E-state index in [2.05, 4.69) is 99.1 Å². The normalized spacial score (nSPS) is 14.4. The number of nitrogens with zero attached hydrogens (tertiary/aromatic N) is 9. The number of carbonyl (C=O) groups excluding carboxylic acids is 5. The third-order valence-corrected chi connectivity index (χ3v) is 10.00. The van der Waals surface area contributed by atoms with Gasteiger partial charge >= 0.3 is 24.5 Å². The van der Waals surface area contributed by atoms with E-state index >= 15 is 0 Å². The van der Waals surface area contributed by atoms with Crippen molar-refractivity contribution in [3.05, 3.63) is 141 Å². The highest BCUT2D eigenvalue weighted by Crippen LogP contribution is 2.30. The molecule has 5 aromatic heterocycles. The molecule has 5 heterocycles. The van der Waals surface area contributed by atoms with Crippen molar-refractivity contribution in [3.8, 4) is 46.5 Å². The van der Waals surface area contributed by atoms with Gasteiger partial charge in [0.15, 0.2) is 23.8 Å². The number of nitrogen functional groups attached to an aromatic ring is 2. The number of phenolic OH excluding ortho intramolecular Hbond substituents is 2. The average molecular weight is 1640 g/mol. The Hall–Kier alpha value is -10.5. The first-order chi connectivity index (χ1) is 84.9. The molecule has 0 aliphatic heterocycles. The summed E-state index contributed by atoms with van der Waals surface area (Å²) in [5.74, 6) is 14.2. The van der Waals surface area contributed by atoms with E-state index in [1.165, 1.54) is 30.7 Å². The number of rotatable bonds is 6. The minimum absolute atomic E-state index is 0. The maximum absolute atomic E-state index is 11.5. The Morgan fingerprint density at radius 1 is 0.633 bits per heavy atom. The SMILES string of the molecule is CC(C)(C)OC(=O)Nc1ccc(/C(N)=N/N)nc1.CC(C)(C)OC(=O)Nc1ccc(C#N)nc1.CC(C)(C)OC(=O)OC(=O)OC(C)(C)C.N#Cc1ccc(N)cn1.NN.Nc1ccc(-c2nc(-c3cc(Br)ccc3O)n[nH]2)nc1.O=Cc1cc(Br)ccc1O.[3HH].[3H][3H].[3H][3H].[3H][3H].[3H][3H].[3H][3H].[3H][3H].[3H][3H].[3H][3H].[3H][3H].[3H][3H].[3H][3H].[3H][3H].[3H][3H].[3H][3H].[3H][3H].[3H][3H].[3H][3H].[3H][3H].[3H][3H].[3H][3H].[3H][3H].[3H][3H].[3H][3H].[3H][3H].[3H][3H].[3H][3H].[3H][3H].[3H][3H].[3H][3H].[3H][3H].[3H][3H].[3H][3H].[3H][3H].[3H][3H].[3H][3H].[3H][3H].[3H][3H].[3H][3H].[3H][3H].[3H][3H].[3H][3H].[3H][3H].[3H][3H]. The molecule has 0 aliphatic carbocycles. The molecule has 0 saturated heterocycles. The highest BCUT2D eigenvalue weighted by atomic mass is 79.9. The van der Waals surface area contributed by atoms with Crippen molar-refractivity contribution in [2.45, 2.75) is 105 Å². The number of hydrazine groups is 1. The summed E-state index contributed by atoms with van der Waals surface area (Å²) in [5, 5.41) is 50.9. The van der Waals surface area contributed by atoms with Crippen LogP contribution >= 0.6 is 31.9 Å². The highest BCUT2D eigenvalue weighted by Gasteiger charge is 2.25. The Bertz CT molecular complexity index is 3690. The Morgan fingerprint density at radius 3 is 1.47 bits per heavy atom. The summed E-state index contributed by atoms with van der Waals surface area (Å²) in [7, 11) is 0. The lowest BCUT2D eigenvalue weighted by molar-refractivity contribution is -0.0294. The second kappa shape index (κ2) is 37.2. The number of aromatic hydroxyl groups is 2. The van der Waals surface area contributed by atoms with Crippen molar-refractivity contribution in [2.75, 3.05) is 22.1 Å². The number of amidine groups is 1. The number of benzene rings is 2. The van der Waals surface area contributed by atoms with E-state index in [4.69, 9.17) is 185 Å². The molecule has 0 saturated carbocycles. The number of aldehydes is 1. The zero-order chi connectivity index (χ0) is 155. The second-order valence-electron chi connectivity index (χ2n) is 21.3. The van der Waals surface area contributed by atoms with Crippen LogP contribution < -0.4 is 45.4 Å². The highest BCUT2D eigenvalue weighted by molar-refractivity contribution is 9.10. The first-order valence-corrected chi connectivity index (χ1v) is 27.5. The van der Waals surface area contributed by atoms with Crippen LogP contribution in [0.25, 0.3) is 22.9 Å². The summed E-state index contributed by atoms with van der Waals surface area (Å²) >= 11 is 6.52. The Kier molecular flexibility index (Phi) is 13.5. The van der Waals surface area contributed by atoms with Crippen LogP contribution in [0, 0.1) is 22.7 Å². The fraction of sp³-hybridized carbons (Fsp3) is 0.276. The topological polar surface area (TPSA) is 505 Å². The van der Waals surface area contributed by atoms with Gasteiger partial charge in [0.25, 0.3) is 0 Å². The van der Waals surface area contributed by atoms with Gasteiger partial charge in [-0.3, -0.25) is 42.2 Å². The summed E-state index contributed by atoms with van der Waals surface area (Å²) in [5.41, 5.74) is 18.7. The number of anilines is 4. The predicted octanol–water partition coefficient (Wildman–Crippen LogP) is 20.9. The van der Waals surface area contributed by atoms with Gasteiger partial charge in [0.2, 0.25) is 0 Å². The van der Waals surface area contributed by atoms with Crippen LogP contribution in [0.3, 0.4) is 0 Å². The minimum Gasteiger partial charge on any atom is -0.507 e. The van der Waals surface area contributed by atoms with Crippen LogP contribution in [-0.4, -0.2) is 104 Å². The van der Waals surface area contributed by atoms with Crippen molar-refractivity contribution >= 4 is 91.2 Å². The van der Waals surface area contributed by atoms with Crippen LogP contribution in [0.15, 0.2) is 124 Å². The Labute approximate surface area is 670 Å². The Balaban J connectivity index is -0.0000000255. The number of aromatic amines is 1. The van der Waals surface area contributed by atoms with Crippen LogP contribution in [0.5, 0.6) is 11.5 Å². The first-order valence-electron chi connectivity index (χ1n) is 68.9. The molecule has 0 spiro atoms. The van der Waals surface area contributed by atoms with Crippen LogP contribution in [0.2, 0.25) is 0 Å². The van der Waals surface area contributed by atoms with E-state index in [0.29, 0.717) is 74.6 Å². The van der Waals surface area contributed by atoms with Crippen LogP contribution in [-0.2, 0) is 23.7 Å². The molecule has 2 amide bonds. The van der Waals surface area contributed by atoms with E-state index < -0.39 is 46.9 Å². The maximum atomic E-state index is 11.5. The van der Waals surface area contributed by atoms with Gasteiger partial charge < -0.3 is 56.9 Å². The van der Waals surface area contributed by atoms with Gasteiger partial charge in [-0.1, -0.05) is 31.9 Å². The molecule has 0 fully saturated rings. The van der Waals surface area contributed by atoms with Gasteiger partial charge in [0.05, 0.1) is 58.7 Å². The van der Waals surface area contributed by atoms with Crippen molar-refractivity contribution in [3.63, 3.8) is 0 Å². The number of halogens is 2. The lowest BCUT2D eigenvalue weighted by Gasteiger charge is -2.20. The molecule has 7 aromatic rings. The first kappa shape index (κ1) is 32.6. The number of aromatic nitrogens is 7. The lowest BCUT2D eigenvalue weighted by Crippen LogP contribution is -2.29. The fourth-order valence-electron chi connectivity index (χ4n) is 5.49. The van der Waals surface area contributed by atoms with Crippen molar-refractivity contribution < 1.29 is 187 Å². The zero-order valence-corrected chi connectivity index (χ0v) is 54.4. The molecule has 0 atom stereocenters. The number of ether oxygens (including phenoxy) is 5. The molecule has 7 rings (SSSR count). The number of hydrogen-bond donors (Lipinski definition) is 11. The van der Waals surface area contributed by atoms with E-state index in [1.807, 2.05) is 12.1 Å². The number of hydrazone groups is 1. The molecule has 2 aromatic carbocycles. The quantitative estimate of drug-likeness (QED) is 0.0108. The third-order valence-electron chi connectivity index (χ3n) is 9.01. The fourth-order valence-corrected chi connectivity index (χ4v) is 6.23. The summed E-state index contributed by atoms with van der Waals surface area (Å²) in [6, 6.07) is 26.6. The number of H-pyrrole nitrogens is 1. The predicted molar refractivity (Wildman–Crippen MR) is 436 cm³/mol. The molecule has 0 bridgehead atoms. The molecule has 32 heteroatoms. The number of carbonyl (C=O) groups is 5. The van der Waals surface area contributed by atoms with E-state index in [0.717, 1.165) is 8.95 Å². The molecule has 568 valence electrons. The number of phenols is 2. The van der Waals surface area contributed by atoms with Crippen molar-refractivity contribution in [1.29, 1.82) is 10.5 Å². The number of nitrogens with one attached hydrogen (secondary N) is 3. The summed E-state index contributed by atoms with van der Waals surface area (Å²) < 4.78 is 456. The van der Waals surface area contributed by atoms with Gasteiger partial charge in [-0.05, 0) is 168 Å². The second-order valence-corrected chi connectivity index (χ2v) is 23.2. The van der Waals surface area contributed by atoms with Gasteiger partial charge in [-0.15, -0.1) is 0 Å². The average Bonchev–Trinajstić information content (AvgIpc) is 1.68. The van der Waals surface area contributed by atoms with Crippen LogP contribution in [0.4, 0.5) is 41.9 Å². The number of hydrogen-bond acceptors (Lipinski definition) is 26. The molecule has 0 aliphatic rings. The van der Waals surface area contributed by atoms with Crippen molar-refractivity contribution in [1.82, 2.24) is 35.1 Å². The number of nitrogens with two attached hydrogens (primary N) is 6. The summed E-state index contributed by atoms with van der Waals surface area (Å²) in [6.45, 7) is 20.7. The molecule has 30 nitrogen and oxygen atoms in total. The molecule has 0 unspecified atom stereocenters. The van der Waals surface area contributed by atoms with Gasteiger partial charge in [0.1, 0.15) is 68.8 Å². The number of pyridine rings is 4. The molecule has 90 heavy (non-hydrogen) atoms. The largest absolute Gasteiger partial charge is 0.519 e. The van der Waals surface area contributed by atoms with E-state index in [1.54, 1.807) is 162 Å². The van der Waals surface area contributed by atoms with Crippen molar-refractivity contribution in [2.24, 2.45) is 28.4 Å². The van der Waals surface area contributed by atoms with Gasteiger partial charge in [0, 0.05) is 138 Å². The van der Waals surface area contributed by atoms with E-state index in [-0.39, 0.29) is 18.8 Å². The molecule has 17 N–H and O–H groups in total. The van der Waals surface area contributed by atoms with Crippen LogP contribution in [0.1, 0.15) is 240 Å². The van der Waals surface area contributed by atoms with Gasteiger partial charge in [-0.2, -0.15) is 20.7 Å². The van der Waals surface area contributed by atoms with Gasteiger partial charge in [-0.25, -0.2) is 34.1 Å². The standard InChI is InChI=1S/C13H10BrN5O.C11H17N5O2.C11H13N3O2.C10H18O5.C7H5BrO2.C6H5N3.H4N2.44H2/c14-7-1-4-11(20)9(5-7)12-17-13(19-18-12)10-3-2-8(15)6-16-10;1-11(2,3)18-10(17)15-7-4-5-8(14-6-7)9(12)16-13;1-11(2,3)16-10(15)14-9-5-4-8(6-12)13-7-9;1-9(2,3)14-7(11)13-8(12)15-10(4,5)6;8-6-1-2-7(10)5(3-6)4-9;7-3-6-2-1-5(8)4-9-6;1-2;;;;;;;;;;;;;;;;;;;;;;;;;;;;;;;;;;;;;;;;;;;;/h1-6,20H,15H2,(H,17,18,19);4-6H,13H2,1-3H3,(H2,12,16)(H,15,17);4-5,7H,1-3H3,(H,14,15);1-6H3;1-4,10H;1-2,4H,8H2;1-2H2;44*1H/i;;;;;;;43*1+2T;1+2. The minimum atomic E-state index is -1.06. The molecular weight excluding hydrogens is 1300 g/mol. The molecular formula is C58H160Br2N18O12. The zero-order valence-electron chi connectivity index (χ0n) is 137.